The lowest BCUT2D eigenvalue weighted by Gasteiger charge is -2.15. The van der Waals surface area contributed by atoms with Crippen LogP contribution in [0.4, 0.5) is 6.01 Å². The molecule has 1 saturated heterocycles. The van der Waals surface area contributed by atoms with Crippen molar-refractivity contribution < 1.29 is 17.6 Å². The third kappa shape index (κ3) is 4.06. The van der Waals surface area contributed by atoms with E-state index in [2.05, 4.69) is 15.5 Å². The van der Waals surface area contributed by atoms with Crippen LogP contribution in [-0.2, 0) is 10.0 Å². The molecule has 2 heterocycles. The van der Waals surface area contributed by atoms with Crippen LogP contribution in [0.5, 0.6) is 0 Å². The van der Waals surface area contributed by atoms with Crippen molar-refractivity contribution in [2.24, 2.45) is 0 Å². The number of aryl methyl sites for hydroxylation is 1. The minimum Gasteiger partial charge on any atom is -0.403 e. The van der Waals surface area contributed by atoms with Crippen LogP contribution in [0.3, 0.4) is 0 Å². The molecule has 1 N–H and O–H groups in total. The number of nitrogens with zero attached hydrogens (tertiary/aromatic N) is 3. The Kier molecular flexibility index (Phi) is 5.16. The van der Waals surface area contributed by atoms with Gasteiger partial charge in [0.1, 0.15) is 0 Å². The molecule has 1 aliphatic rings. The van der Waals surface area contributed by atoms with E-state index >= 15 is 0 Å². The Morgan fingerprint density at radius 3 is 2.31 bits per heavy atom. The third-order valence-corrected chi connectivity index (χ3v) is 6.68. The number of carbonyl (C=O) groups excluding carboxylic acids is 1. The second-order valence-corrected chi connectivity index (χ2v) is 8.81. The molecule has 150 valence electrons. The van der Waals surface area contributed by atoms with Gasteiger partial charge >= 0.3 is 6.01 Å². The van der Waals surface area contributed by atoms with Gasteiger partial charge in [-0.2, -0.15) is 4.31 Å². The monoisotopic (exact) mass is 412 g/mol. The van der Waals surface area contributed by atoms with Gasteiger partial charge in [-0.25, -0.2) is 8.42 Å². The van der Waals surface area contributed by atoms with E-state index in [0.717, 1.165) is 24.0 Å². The zero-order valence-corrected chi connectivity index (χ0v) is 16.6. The smallest absolute Gasteiger partial charge is 0.322 e. The van der Waals surface area contributed by atoms with Crippen LogP contribution in [0.1, 0.15) is 28.8 Å². The van der Waals surface area contributed by atoms with Crippen molar-refractivity contribution in [2.75, 3.05) is 18.4 Å². The van der Waals surface area contributed by atoms with Gasteiger partial charge < -0.3 is 4.42 Å². The molecule has 1 aliphatic heterocycles. The SMILES string of the molecule is Cc1ccc(-c2nnc(NC(=O)c3ccc(S(=O)(=O)N4CCCC4)cc3)o2)cc1. The van der Waals surface area contributed by atoms with Gasteiger partial charge in [0.2, 0.25) is 15.9 Å². The quantitative estimate of drug-likeness (QED) is 0.690. The Bertz CT molecular complexity index is 1120. The van der Waals surface area contributed by atoms with Gasteiger partial charge in [0.25, 0.3) is 5.91 Å². The van der Waals surface area contributed by atoms with Crippen molar-refractivity contribution in [2.45, 2.75) is 24.7 Å². The van der Waals surface area contributed by atoms with E-state index in [1.807, 2.05) is 31.2 Å². The lowest BCUT2D eigenvalue weighted by Crippen LogP contribution is -2.27. The van der Waals surface area contributed by atoms with Gasteiger partial charge in [-0.3, -0.25) is 10.1 Å². The van der Waals surface area contributed by atoms with Crippen molar-refractivity contribution >= 4 is 21.9 Å². The van der Waals surface area contributed by atoms with Gasteiger partial charge in [0.15, 0.2) is 0 Å². The van der Waals surface area contributed by atoms with Crippen molar-refractivity contribution in [3.63, 3.8) is 0 Å². The standard InChI is InChI=1S/C20H20N4O4S/c1-14-4-6-16(7-5-14)19-22-23-20(28-19)21-18(25)15-8-10-17(11-9-15)29(26,27)24-12-2-3-13-24/h4-11H,2-3,12-13H2,1H3,(H,21,23,25). The number of anilines is 1. The molecule has 1 fully saturated rings. The van der Waals surface area contributed by atoms with Crippen LogP contribution in [0, 0.1) is 6.92 Å². The Balaban J connectivity index is 1.46. The minimum atomic E-state index is -3.51. The second kappa shape index (κ2) is 7.76. The number of sulfonamides is 1. The molecular formula is C20H20N4O4S. The molecule has 0 spiro atoms. The van der Waals surface area contributed by atoms with Crippen LogP contribution < -0.4 is 5.32 Å². The molecule has 1 amide bonds. The van der Waals surface area contributed by atoms with Crippen LogP contribution in [0.15, 0.2) is 57.8 Å². The van der Waals surface area contributed by atoms with Gasteiger partial charge in [-0.15, -0.1) is 5.10 Å². The molecule has 8 nitrogen and oxygen atoms in total. The molecule has 4 rings (SSSR count). The third-order valence-electron chi connectivity index (χ3n) is 4.76. The molecular weight excluding hydrogens is 392 g/mol. The summed E-state index contributed by atoms with van der Waals surface area (Å²) in [4.78, 5) is 12.6. The van der Waals surface area contributed by atoms with Crippen molar-refractivity contribution in [3.8, 4) is 11.5 Å². The number of benzene rings is 2. The maximum atomic E-state index is 12.6. The highest BCUT2D eigenvalue weighted by molar-refractivity contribution is 7.89. The summed E-state index contributed by atoms with van der Waals surface area (Å²) in [6.45, 7) is 3.04. The van der Waals surface area contributed by atoms with Crippen LogP contribution in [-0.4, -0.2) is 41.9 Å². The largest absolute Gasteiger partial charge is 0.403 e. The summed E-state index contributed by atoms with van der Waals surface area (Å²) in [5.41, 5.74) is 2.15. The number of aromatic nitrogens is 2. The topological polar surface area (TPSA) is 105 Å². The van der Waals surface area contributed by atoms with Crippen LogP contribution in [0.2, 0.25) is 0 Å². The van der Waals surface area contributed by atoms with E-state index in [-0.39, 0.29) is 10.9 Å². The maximum absolute atomic E-state index is 12.6. The fourth-order valence-electron chi connectivity index (χ4n) is 3.11. The highest BCUT2D eigenvalue weighted by Crippen LogP contribution is 2.22. The van der Waals surface area contributed by atoms with Gasteiger partial charge in [-0.05, 0) is 56.2 Å². The molecule has 0 unspecified atom stereocenters. The van der Waals surface area contributed by atoms with E-state index in [4.69, 9.17) is 4.42 Å². The molecule has 9 heteroatoms. The predicted molar refractivity (Wildman–Crippen MR) is 107 cm³/mol. The number of hydrogen-bond donors (Lipinski definition) is 1. The number of carbonyl (C=O) groups is 1. The Morgan fingerprint density at radius 1 is 1.00 bits per heavy atom. The lowest BCUT2D eigenvalue weighted by atomic mass is 10.1. The summed E-state index contributed by atoms with van der Waals surface area (Å²) in [5.74, 6) is -0.165. The molecule has 0 atom stereocenters. The van der Waals surface area contributed by atoms with Gasteiger partial charge in [0.05, 0.1) is 4.90 Å². The number of nitrogens with one attached hydrogen (secondary N) is 1. The highest BCUT2D eigenvalue weighted by Gasteiger charge is 2.27. The zero-order chi connectivity index (χ0) is 20.4. The van der Waals surface area contributed by atoms with E-state index in [9.17, 15) is 13.2 Å². The molecule has 29 heavy (non-hydrogen) atoms. The van der Waals surface area contributed by atoms with Crippen molar-refractivity contribution in [3.05, 3.63) is 59.7 Å². The summed E-state index contributed by atoms with van der Waals surface area (Å²) < 4.78 is 32.1. The Morgan fingerprint density at radius 2 is 1.66 bits per heavy atom. The molecule has 0 bridgehead atoms. The first-order valence-electron chi connectivity index (χ1n) is 9.25. The molecule has 2 aromatic carbocycles. The van der Waals surface area contributed by atoms with Gasteiger partial charge in [-0.1, -0.05) is 22.8 Å². The number of rotatable bonds is 5. The first kappa shape index (κ1) is 19.3. The molecule has 0 aliphatic carbocycles. The predicted octanol–water partition coefficient (Wildman–Crippen LogP) is 3.08. The van der Waals surface area contributed by atoms with Crippen molar-refractivity contribution in [1.82, 2.24) is 14.5 Å². The van der Waals surface area contributed by atoms with E-state index in [1.165, 1.54) is 28.6 Å². The summed E-state index contributed by atoms with van der Waals surface area (Å²) in [7, 11) is -3.51. The average molecular weight is 412 g/mol. The normalized spacial score (nSPS) is 14.8. The molecule has 3 aromatic rings. The Labute approximate surface area is 168 Å². The Hall–Kier alpha value is -3.04. The first-order chi connectivity index (χ1) is 13.9. The lowest BCUT2D eigenvalue weighted by molar-refractivity contribution is 0.102. The van der Waals surface area contributed by atoms with Crippen molar-refractivity contribution in [1.29, 1.82) is 0 Å². The highest BCUT2D eigenvalue weighted by atomic mass is 32.2. The summed E-state index contributed by atoms with van der Waals surface area (Å²) in [6.07, 6.45) is 1.74. The van der Waals surface area contributed by atoms with E-state index in [0.29, 0.717) is 24.5 Å². The first-order valence-corrected chi connectivity index (χ1v) is 10.7. The molecule has 0 saturated carbocycles. The summed E-state index contributed by atoms with van der Waals surface area (Å²) in [6, 6.07) is 13.3. The minimum absolute atomic E-state index is 0.0284. The maximum Gasteiger partial charge on any atom is 0.322 e. The fourth-order valence-corrected chi connectivity index (χ4v) is 4.63. The fraction of sp³-hybridized carbons (Fsp3) is 0.250. The summed E-state index contributed by atoms with van der Waals surface area (Å²) >= 11 is 0. The van der Waals surface area contributed by atoms with Crippen LogP contribution >= 0.6 is 0 Å². The van der Waals surface area contributed by atoms with E-state index in [1.54, 1.807) is 0 Å². The molecule has 0 radical (unpaired) electrons. The number of hydrogen-bond acceptors (Lipinski definition) is 6. The van der Waals surface area contributed by atoms with Gasteiger partial charge in [0, 0.05) is 24.2 Å². The number of amides is 1. The van der Waals surface area contributed by atoms with Crippen LogP contribution in [0.25, 0.3) is 11.5 Å². The second-order valence-electron chi connectivity index (χ2n) is 6.87. The average Bonchev–Trinajstić information content (AvgIpc) is 3.41. The molecule has 1 aromatic heterocycles. The zero-order valence-electron chi connectivity index (χ0n) is 15.8. The summed E-state index contributed by atoms with van der Waals surface area (Å²) in [5, 5.41) is 10.3. The van der Waals surface area contributed by atoms with E-state index < -0.39 is 15.9 Å².